The number of hydrogen-bond acceptors (Lipinski definition) is 3. The summed E-state index contributed by atoms with van der Waals surface area (Å²) in [4.78, 5) is 12.3. The van der Waals surface area contributed by atoms with Crippen LogP contribution in [0.25, 0.3) is 0 Å². The van der Waals surface area contributed by atoms with Crippen molar-refractivity contribution in [3.8, 4) is 5.75 Å². The van der Waals surface area contributed by atoms with E-state index in [1.54, 1.807) is 0 Å². The van der Waals surface area contributed by atoms with Crippen LogP contribution in [0.2, 0.25) is 0 Å². The van der Waals surface area contributed by atoms with E-state index in [0.29, 0.717) is 13.2 Å². The Morgan fingerprint density at radius 2 is 1.91 bits per heavy atom. The normalized spacial score (nSPS) is 17.2. The predicted molar refractivity (Wildman–Crippen MR) is 87.2 cm³/mol. The molecule has 0 aliphatic carbocycles. The van der Waals surface area contributed by atoms with Crippen LogP contribution in [-0.2, 0) is 4.79 Å². The van der Waals surface area contributed by atoms with Crippen molar-refractivity contribution in [3.63, 3.8) is 0 Å². The van der Waals surface area contributed by atoms with E-state index < -0.39 is 0 Å². The van der Waals surface area contributed by atoms with Crippen molar-refractivity contribution in [1.82, 2.24) is 5.32 Å². The minimum atomic E-state index is -0.208. The van der Waals surface area contributed by atoms with Gasteiger partial charge >= 0.3 is 0 Å². The number of fused-ring (bicyclic) bond motifs is 1. The van der Waals surface area contributed by atoms with E-state index in [4.69, 9.17) is 4.74 Å². The number of nitrogens with one attached hydrogen (secondary N) is 2. The first-order valence-electron chi connectivity index (χ1n) is 7.55. The molecule has 114 valence electrons. The van der Waals surface area contributed by atoms with Gasteiger partial charge in [0.2, 0.25) is 5.91 Å². The third kappa shape index (κ3) is 3.22. The van der Waals surface area contributed by atoms with E-state index in [1.807, 2.05) is 61.5 Å². The van der Waals surface area contributed by atoms with E-state index in [-0.39, 0.29) is 17.9 Å². The Labute approximate surface area is 130 Å². The average Bonchev–Trinajstić information content (AvgIpc) is 2.98. The van der Waals surface area contributed by atoms with E-state index in [9.17, 15) is 4.79 Å². The fourth-order valence-electron chi connectivity index (χ4n) is 2.63. The molecule has 2 N–H and O–H groups in total. The number of carbonyl (C=O) groups excluding carboxylic acids is 1. The number of hydrogen-bond donors (Lipinski definition) is 2. The molecule has 0 aromatic heterocycles. The number of ether oxygens (including phenoxy) is 1. The molecule has 22 heavy (non-hydrogen) atoms. The molecule has 1 aliphatic rings. The highest BCUT2D eigenvalue weighted by atomic mass is 16.5. The number of rotatable bonds is 5. The second-order valence-corrected chi connectivity index (χ2v) is 5.56. The maximum absolute atomic E-state index is 12.3. The summed E-state index contributed by atoms with van der Waals surface area (Å²) in [7, 11) is 0. The predicted octanol–water partition coefficient (Wildman–Crippen LogP) is 2.78. The molecule has 4 nitrogen and oxygen atoms in total. The van der Waals surface area contributed by atoms with Crippen molar-refractivity contribution in [3.05, 3.63) is 60.2 Å². The summed E-state index contributed by atoms with van der Waals surface area (Å²) in [6.45, 7) is 3.05. The lowest BCUT2D eigenvalue weighted by Crippen LogP contribution is -2.37. The van der Waals surface area contributed by atoms with Crippen molar-refractivity contribution < 1.29 is 9.53 Å². The zero-order chi connectivity index (χ0) is 15.4. The molecule has 0 saturated heterocycles. The van der Waals surface area contributed by atoms with Gasteiger partial charge in [0.25, 0.3) is 0 Å². The van der Waals surface area contributed by atoms with Crippen LogP contribution in [-0.4, -0.2) is 25.1 Å². The Morgan fingerprint density at radius 3 is 2.73 bits per heavy atom. The smallest absolute Gasteiger partial charge is 0.231 e. The minimum Gasteiger partial charge on any atom is -0.492 e. The maximum Gasteiger partial charge on any atom is 0.231 e. The van der Waals surface area contributed by atoms with Gasteiger partial charge in [-0.05, 0) is 25.1 Å². The van der Waals surface area contributed by atoms with Gasteiger partial charge in [0.05, 0.1) is 0 Å². The number of amides is 1. The van der Waals surface area contributed by atoms with Crippen molar-refractivity contribution in [1.29, 1.82) is 0 Å². The molecule has 3 rings (SSSR count). The second-order valence-electron chi connectivity index (χ2n) is 5.56. The Balaban J connectivity index is 1.53. The standard InChI is InChI=1S/C18H20N2O2/c1-13(20-14-7-3-2-4-8-14)11-19-18(21)16-12-22-17-10-6-5-9-15(16)17/h2-10,13,16,20H,11-12H2,1H3,(H,19,21)/t13-,16-/m0/s1. The van der Waals surface area contributed by atoms with Crippen LogP contribution < -0.4 is 15.4 Å². The van der Waals surface area contributed by atoms with Gasteiger partial charge in [0.1, 0.15) is 18.3 Å². The topological polar surface area (TPSA) is 50.4 Å². The number of para-hydroxylation sites is 2. The number of benzene rings is 2. The fourth-order valence-corrected chi connectivity index (χ4v) is 2.63. The summed E-state index contributed by atoms with van der Waals surface area (Å²) < 4.78 is 5.56. The molecule has 0 radical (unpaired) electrons. The molecule has 0 spiro atoms. The van der Waals surface area contributed by atoms with Gasteiger partial charge < -0.3 is 15.4 Å². The second kappa shape index (κ2) is 6.52. The van der Waals surface area contributed by atoms with Crippen LogP contribution in [0.1, 0.15) is 18.4 Å². The van der Waals surface area contributed by atoms with E-state index in [2.05, 4.69) is 10.6 Å². The molecule has 1 amide bonds. The Kier molecular flexibility index (Phi) is 4.28. The molecule has 0 saturated carbocycles. The lowest BCUT2D eigenvalue weighted by Gasteiger charge is -2.17. The molecule has 2 atom stereocenters. The molecule has 2 aromatic rings. The molecule has 0 unspecified atom stereocenters. The summed E-state index contributed by atoms with van der Waals surface area (Å²) >= 11 is 0. The maximum atomic E-state index is 12.3. The van der Waals surface area contributed by atoms with E-state index in [1.165, 1.54) is 0 Å². The SMILES string of the molecule is C[C@@H](CNC(=O)[C@H]1COc2ccccc21)Nc1ccccc1. The summed E-state index contributed by atoms with van der Waals surface area (Å²) in [5, 5.41) is 6.37. The van der Waals surface area contributed by atoms with Gasteiger partial charge in [-0.15, -0.1) is 0 Å². The van der Waals surface area contributed by atoms with Gasteiger partial charge in [-0.25, -0.2) is 0 Å². The van der Waals surface area contributed by atoms with Gasteiger partial charge in [-0.1, -0.05) is 36.4 Å². The fraction of sp³-hybridized carbons (Fsp3) is 0.278. The lowest BCUT2D eigenvalue weighted by molar-refractivity contribution is -0.122. The number of anilines is 1. The van der Waals surface area contributed by atoms with Gasteiger partial charge in [0, 0.05) is 23.8 Å². The van der Waals surface area contributed by atoms with Crippen molar-refractivity contribution in [2.24, 2.45) is 0 Å². The highest BCUT2D eigenvalue weighted by Gasteiger charge is 2.29. The largest absolute Gasteiger partial charge is 0.492 e. The van der Waals surface area contributed by atoms with Crippen LogP contribution in [0.5, 0.6) is 5.75 Å². The van der Waals surface area contributed by atoms with Crippen LogP contribution in [0.15, 0.2) is 54.6 Å². The Bertz CT molecular complexity index is 643. The van der Waals surface area contributed by atoms with Crippen LogP contribution in [0, 0.1) is 0 Å². The first kappa shape index (κ1) is 14.4. The highest BCUT2D eigenvalue weighted by Crippen LogP contribution is 2.33. The summed E-state index contributed by atoms with van der Waals surface area (Å²) in [6, 6.07) is 17.9. The first-order valence-corrected chi connectivity index (χ1v) is 7.55. The number of carbonyl (C=O) groups is 1. The van der Waals surface area contributed by atoms with Crippen molar-refractivity contribution in [2.45, 2.75) is 18.9 Å². The average molecular weight is 296 g/mol. The Morgan fingerprint density at radius 1 is 1.18 bits per heavy atom. The summed E-state index contributed by atoms with van der Waals surface area (Å²) in [5.41, 5.74) is 2.03. The highest BCUT2D eigenvalue weighted by molar-refractivity contribution is 5.85. The monoisotopic (exact) mass is 296 g/mol. The van der Waals surface area contributed by atoms with Crippen LogP contribution in [0.4, 0.5) is 5.69 Å². The first-order chi connectivity index (χ1) is 10.7. The van der Waals surface area contributed by atoms with Crippen LogP contribution >= 0.6 is 0 Å². The molecule has 1 heterocycles. The molecule has 4 heteroatoms. The van der Waals surface area contributed by atoms with E-state index >= 15 is 0 Å². The molecule has 0 fully saturated rings. The molecule has 0 bridgehead atoms. The molecular weight excluding hydrogens is 276 g/mol. The minimum absolute atomic E-state index is 0.0201. The third-order valence-electron chi connectivity index (χ3n) is 3.79. The molecular formula is C18H20N2O2. The van der Waals surface area contributed by atoms with Crippen LogP contribution in [0.3, 0.4) is 0 Å². The lowest BCUT2D eigenvalue weighted by atomic mass is 10.0. The van der Waals surface area contributed by atoms with Crippen molar-refractivity contribution >= 4 is 11.6 Å². The quantitative estimate of drug-likeness (QED) is 0.892. The summed E-state index contributed by atoms with van der Waals surface area (Å²) in [5.74, 6) is 0.630. The Hall–Kier alpha value is -2.49. The molecule has 1 aliphatic heterocycles. The van der Waals surface area contributed by atoms with Gasteiger partial charge in [0.15, 0.2) is 0 Å². The van der Waals surface area contributed by atoms with Gasteiger partial charge in [-0.2, -0.15) is 0 Å². The van der Waals surface area contributed by atoms with E-state index in [0.717, 1.165) is 17.0 Å². The van der Waals surface area contributed by atoms with Gasteiger partial charge in [-0.3, -0.25) is 4.79 Å². The summed E-state index contributed by atoms with van der Waals surface area (Å²) in [6.07, 6.45) is 0. The third-order valence-corrected chi connectivity index (χ3v) is 3.79. The zero-order valence-electron chi connectivity index (χ0n) is 12.6. The molecule has 2 aromatic carbocycles. The van der Waals surface area contributed by atoms with Crippen molar-refractivity contribution in [2.75, 3.05) is 18.5 Å². The zero-order valence-corrected chi connectivity index (χ0v) is 12.6.